The van der Waals surface area contributed by atoms with Gasteiger partial charge in [-0.1, -0.05) is 36.4 Å². The normalized spacial score (nSPS) is 22.2. The van der Waals surface area contributed by atoms with Crippen LogP contribution in [0.25, 0.3) is 0 Å². The molecular formula is C42H34O10. The summed E-state index contributed by atoms with van der Waals surface area (Å²) in [6, 6.07) is 31.5. The van der Waals surface area contributed by atoms with Crippen molar-refractivity contribution in [1.29, 1.82) is 0 Å². The van der Waals surface area contributed by atoms with Gasteiger partial charge in [0.15, 0.2) is 0 Å². The molecule has 2 heterocycles. The molecule has 1 saturated heterocycles. The fraction of sp³-hybridized carbons (Fsp3) is 0.143. The highest BCUT2D eigenvalue weighted by atomic mass is 16.5. The van der Waals surface area contributed by atoms with Crippen LogP contribution in [0.2, 0.25) is 0 Å². The van der Waals surface area contributed by atoms with Crippen molar-refractivity contribution in [3.63, 3.8) is 0 Å². The third kappa shape index (κ3) is 5.88. The van der Waals surface area contributed by atoms with Gasteiger partial charge in [-0.2, -0.15) is 0 Å². The van der Waals surface area contributed by atoms with Crippen LogP contribution in [0, 0.1) is 0 Å². The summed E-state index contributed by atoms with van der Waals surface area (Å²) in [5, 5.41) is 84.7. The summed E-state index contributed by atoms with van der Waals surface area (Å²) >= 11 is 0. The van der Waals surface area contributed by atoms with Crippen LogP contribution < -0.4 is 4.74 Å². The molecular weight excluding hydrogens is 664 g/mol. The highest BCUT2D eigenvalue weighted by molar-refractivity contribution is 5.60. The average Bonchev–Trinajstić information content (AvgIpc) is 3.68. The number of fused-ring (bicyclic) bond motifs is 1. The van der Waals surface area contributed by atoms with Crippen LogP contribution in [0.4, 0.5) is 0 Å². The van der Waals surface area contributed by atoms with E-state index in [9.17, 15) is 40.9 Å². The van der Waals surface area contributed by atoms with Crippen LogP contribution in [0.15, 0.2) is 121 Å². The van der Waals surface area contributed by atoms with Crippen molar-refractivity contribution in [3.8, 4) is 51.7 Å². The molecule has 10 nitrogen and oxygen atoms in total. The molecule has 0 aliphatic carbocycles. The highest BCUT2D eigenvalue weighted by Crippen LogP contribution is 2.63. The third-order valence-electron chi connectivity index (χ3n) is 9.98. The molecule has 0 amide bonds. The highest BCUT2D eigenvalue weighted by Gasteiger charge is 2.51. The van der Waals surface area contributed by atoms with Gasteiger partial charge in [0, 0.05) is 35.6 Å². The standard InChI is InChI=1S/C42H34O10/c43-26-7-1-21(2-8-26)40-36(24-13-29(46)17-30(47)14-24)38-34(19-33(50)20-35(38)51-40)39-37(25-15-31(48)18-32(49)16-25)41(22-3-9-27(44)10-4-22)52-42(39)23-5-11-28(45)12-6-23/h1-20,36-37,39-50H/t36-,37+,39-,40+,41-,42-/m0/s1. The summed E-state index contributed by atoms with van der Waals surface area (Å²) < 4.78 is 13.6. The Bertz CT molecular complexity index is 2230. The maximum absolute atomic E-state index is 11.4. The Balaban J connectivity index is 1.41. The Kier molecular flexibility index (Phi) is 7.96. The number of phenols is 8. The van der Waals surface area contributed by atoms with E-state index >= 15 is 0 Å². The van der Waals surface area contributed by atoms with Crippen molar-refractivity contribution in [2.45, 2.75) is 36.1 Å². The van der Waals surface area contributed by atoms with Gasteiger partial charge < -0.3 is 50.3 Å². The SMILES string of the molecule is Oc1ccc([C@H]2Oc3cc(O)cc([C@H]4[C@@H](c5cc(O)cc(O)c5)[C@H](c5ccc(O)cc5)O[C@H]4c4ccc(O)cc4)c3[C@@H]2c2cc(O)cc(O)c2)cc1. The van der Waals surface area contributed by atoms with Gasteiger partial charge in [-0.05, 0) is 100 Å². The van der Waals surface area contributed by atoms with Crippen LogP contribution in [0.3, 0.4) is 0 Å². The van der Waals surface area contributed by atoms with E-state index in [-0.39, 0.29) is 46.0 Å². The van der Waals surface area contributed by atoms with Crippen molar-refractivity contribution in [2.24, 2.45) is 0 Å². The molecule has 10 heteroatoms. The van der Waals surface area contributed by atoms with Crippen molar-refractivity contribution >= 4 is 0 Å². The number of rotatable bonds is 6. The van der Waals surface area contributed by atoms with Crippen molar-refractivity contribution in [2.75, 3.05) is 0 Å². The number of benzene rings is 6. The fourth-order valence-electron chi connectivity index (χ4n) is 7.91. The van der Waals surface area contributed by atoms with Gasteiger partial charge >= 0.3 is 0 Å². The number of hydrogen-bond acceptors (Lipinski definition) is 10. The lowest BCUT2D eigenvalue weighted by atomic mass is 9.71. The van der Waals surface area contributed by atoms with Gasteiger partial charge in [0.25, 0.3) is 0 Å². The number of ether oxygens (including phenoxy) is 2. The van der Waals surface area contributed by atoms with E-state index in [2.05, 4.69) is 0 Å². The van der Waals surface area contributed by atoms with Gasteiger partial charge in [0.05, 0.1) is 18.1 Å². The van der Waals surface area contributed by atoms with Crippen LogP contribution in [-0.4, -0.2) is 40.9 Å². The molecule has 262 valence electrons. The lowest BCUT2D eigenvalue weighted by Crippen LogP contribution is -2.17. The van der Waals surface area contributed by atoms with E-state index in [0.29, 0.717) is 44.7 Å². The van der Waals surface area contributed by atoms with E-state index in [4.69, 9.17) is 9.47 Å². The van der Waals surface area contributed by atoms with Crippen LogP contribution >= 0.6 is 0 Å². The number of aromatic hydroxyl groups is 8. The Morgan fingerprint density at radius 2 is 0.750 bits per heavy atom. The van der Waals surface area contributed by atoms with E-state index in [1.807, 2.05) is 0 Å². The zero-order valence-electron chi connectivity index (χ0n) is 27.4. The first-order valence-corrected chi connectivity index (χ1v) is 16.6. The van der Waals surface area contributed by atoms with Gasteiger partial charge in [-0.25, -0.2) is 0 Å². The summed E-state index contributed by atoms with van der Waals surface area (Å²) in [7, 11) is 0. The molecule has 0 spiro atoms. The molecule has 2 aliphatic rings. The zero-order chi connectivity index (χ0) is 36.3. The van der Waals surface area contributed by atoms with Gasteiger partial charge in [-0.3, -0.25) is 0 Å². The van der Waals surface area contributed by atoms with Crippen LogP contribution in [0.5, 0.6) is 51.7 Å². The molecule has 8 N–H and O–H groups in total. The molecule has 6 atom stereocenters. The molecule has 0 unspecified atom stereocenters. The first kappa shape index (κ1) is 32.7. The van der Waals surface area contributed by atoms with E-state index in [1.54, 1.807) is 91.0 Å². The van der Waals surface area contributed by atoms with E-state index < -0.39 is 36.1 Å². The second kappa shape index (κ2) is 12.7. The lowest BCUT2D eigenvalue weighted by Gasteiger charge is -2.29. The fourth-order valence-corrected chi connectivity index (χ4v) is 7.91. The maximum Gasteiger partial charge on any atom is 0.135 e. The molecule has 2 aliphatic heterocycles. The minimum absolute atomic E-state index is 0.0509. The third-order valence-corrected chi connectivity index (χ3v) is 9.98. The zero-order valence-corrected chi connectivity index (χ0v) is 27.4. The van der Waals surface area contributed by atoms with Crippen LogP contribution in [0.1, 0.15) is 75.0 Å². The Morgan fingerprint density at radius 3 is 1.23 bits per heavy atom. The molecule has 1 fully saturated rings. The summed E-state index contributed by atoms with van der Waals surface area (Å²) in [6.07, 6.45) is -2.20. The summed E-state index contributed by atoms with van der Waals surface area (Å²) in [4.78, 5) is 0. The molecule has 0 saturated carbocycles. The maximum atomic E-state index is 11.4. The first-order valence-electron chi connectivity index (χ1n) is 16.6. The molecule has 0 radical (unpaired) electrons. The Labute approximate surface area is 297 Å². The molecule has 0 bridgehead atoms. The predicted molar refractivity (Wildman–Crippen MR) is 189 cm³/mol. The summed E-state index contributed by atoms with van der Waals surface area (Å²) in [5.41, 5.74) is 4.34. The molecule has 6 aromatic carbocycles. The smallest absolute Gasteiger partial charge is 0.135 e. The number of phenolic OH excluding ortho intramolecular Hbond substituents is 8. The number of hydrogen-bond donors (Lipinski definition) is 8. The molecule has 8 rings (SSSR count). The Hall–Kier alpha value is -6.52. The van der Waals surface area contributed by atoms with Gasteiger partial charge in [-0.15, -0.1) is 0 Å². The second-order valence-corrected chi connectivity index (χ2v) is 13.3. The predicted octanol–water partition coefficient (Wildman–Crippen LogP) is 7.98. The molecule has 52 heavy (non-hydrogen) atoms. The monoisotopic (exact) mass is 698 g/mol. The topological polar surface area (TPSA) is 180 Å². The molecule has 0 aromatic heterocycles. The summed E-state index contributed by atoms with van der Waals surface area (Å²) in [6.45, 7) is 0. The lowest BCUT2D eigenvalue weighted by molar-refractivity contribution is 0.0366. The van der Waals surface area contributed by atoms with Crippen molar-refractivity contribution in [1.82, 2.24) is 0 Å². The van der Waals surface area contributed by atoms with Gasteiger partial charge in [0.1, 0.15) is 57.8 Å². The van der Waals surface area contributed by atoms with E-state index in [0.717, 1.165) is 0 Å². The molecule has 6 aromatic rings. The average molecular weight is 699 g/mol. The van der Waals surface area contributed by atoms with Crippen LogP contribution in [-0.2, 0) is 4.74 Å². The Morgan fingerprint density at radius 1 is 0.346 bits per heavy atom. The van der Waals surface area contributed by atoms with Crippen molar-refractivity contribution in [3.05, 3.63) is 160 Å². The van der Waals surface area contributed by atoms with Gasteiger partial charge in [0.2, 0.25) is 0 Å². The largest absolute Gasteiger partial charge is 0.508 e. The second-order valence-electron chi connectivity index (χ2n) is 13.3. The minimum atomic E-state index is -0.745. The van der Waals surface area contributed by atoms with Crippen molar-refractivity contribution < 1.29 is 50.3 Å². The minimum Gasteiger partial charge on any atom is -0.508 e. The first-order chi connectivity index (χ1) is 25.0. The van der Waals surface area contributed by atoms with E-state index in [1.165, 1.54) is 30.3 Å². The summed E-state index contributed by atoms with van der Waals surface area (Å²) in [5.74, 6) is -2.24. The quantitative estimate of drug-likeness (QED) is 0.0850.